The monoisotopic (exact) mass is 863 g/mol. The highest BCUT2D eigenvalue weighted by atomic mass is 16.6. The minimum absolute atomic E-state index is 0.0638. The molecule has 0 saturated carbocycles. The SMILES string of the molecule is CCCCCCCCCCCCCCCCC(=O)O[C@H](COC(=O)CCCCCCCCCCCCCCCCCCC(C)C)COC(=O)CCCCCCCCC(C)CC. The van der Waals surface area contributed by atoms with Crippen LogP contribution in [0, 0.1) is 11.8 Å². The van der Waals surface area contributed by atoms with Gasteiger partial charge in [0.15, 0.2) is 6.10 Å². The first-order valence-electron chi connectivity index (χ1n) is 27.3. The van der Waals surface area contributed by atoms with Crippen LogP contribution < -0.4 is 0 Å². The summed E-state index contributed by atoms with van der Waals surface area (Å²) in [6.45, 7) is 11.4. The van der Waals surface area contributed by atoms with Crippen molar-refractivity contribution in [2.45, 2.75) is 310 Å². The van der Waals surface area contributed by atoms with Gasteiger partial charge in [-0.15, -0.1) is 0 Å². The highest BCUT2D eigenvalue weighted by molar-refractivity contribution is 5.71. The van der Waals surface area contributed by atoms with E-state index in [9.17, 15) is 14.4 Å². The second-order valence-corrected chi connectivity index (χ2v) is 19.6. The number of unbranched alkanes of at least 4 members (excludes halogenated alkanes) is 33. The van der Waals surface area contributed by atoms with E-state index in [0.717, 1.165) is 69.6 Å². The standard InChI is InChI=1S/C55H106O6/c1-6-8-9-10-11-12-13-14-20-24-27-30-37-42-47-55(58)61-52(49-60-54(57)46-41-36-32-31-34-39-44-51(5)7-2)48-59-53(56)45-40-35-29-26-23-21-18-16-15-17-19-22-25-28-33-38-43-50(3)4/h50-52H,6-49H2,1-5H3/t51?,52-/m1/s1. The molecule has 0 aromatic carbocycles. The zero-order valence-electron chi connectivity index (χ0n) is 41.8. The molecule has 0 rings (SSSR count). The van der Waals surface area contributed by atoms with Crippen LogP contribution in [0.15, 0.2) is 0 Å². The van der Waals surface area contributed by atoms with Gasteiger partial charge in [0.1, 0.15) is 13.2 Å². The molecule has 6 heteroatoms. The molecule has 0 fully saturated rings. The summed E-state index contributed by atoms with van der Waals surface area (Å²) in [5.41, 5.74) is 0. The fourth-order valence-electron chi connectivity index (χ4n) is 8.31. The molecule has 0 spiro atoms. The van der Waals surface area contributed by atoms with Gasteiger partial charge in [-0.1, -0.05) is 266 Å². The molecule has 0 N–H and O–H groups in total. The van der Waals surface area contributed by atoms with E-state index in [1.165, 1.54) is 193 Å². The summed E-state index contributed by atoms with van der Waals surface area (Å²) in [5.74, 6) is 0.820. The summed E-state index contributed by atoms with van der Waals surface area (Å²) in [4.78, 5) is 38.0. The smallest absolute Gasteiger partial charge is 0.306 e. The summed E-state index contributed by atoms with van der Waals surface area (Å²) in [6, 6.07) is 0. The van der Waals surface area contributed by atoms with Gasteiger partial charge in [-0.3, -0.25) is 14.4 Å². The number of hydrogen-bond donors (Lipinski definition) is 0. The first-order chi connectivity index (χ1) is 29.8. The Balaban J connectivity index is 4.25. The summed E-state index contributed by atoms with van der Waals surface area (Å²) in [5, 5.41) is 0. The second-order valence-electron chi connectivity index (χ2n) is 19.6. The number of esters is 3. The summed E-state index contributed by atoms with van der Waals surface area (Å²) in [6.07, 6.45) is 49.5. The lowest BCUT2D eigenvalue weighted by Gasteiger charge is -2.18. The van der Waals surface area contributed by atoms with Crippen LogP contribution in [0.3, 0.4) is 0 Å². The Labute approximate surface area is 380 Å². The van der Waals surface area contributed by atoms with Crippen molar-refractivity contribution in [1.82, 2.24) is 0 Å². The van der Waals surface area contributed by atoms with Crippen molar-refractivity contribution in [1.29, 1.82) is 0 Å². The Morgan fingerprint density at radius 3 is 0.934 bits per heavy atom. The molecule has 362 valence electrons. The molecule has 6 nitrogen and oxygen atoms in total. The lowest BCUT2D eigenvalue weighted by molar-refractivity contribution is -0.167. The van der Waals surface area contributed by atoms with Crippen LogP contribution in [0.25, 0.3) is 0 Å². The van der Waals surface area contributed by atoms with E-state index in [-0.39, 0.29) is 31.1 Å². The third-order valence-electron chi connectivity index (χ3n) is 12.8. The zero-order valence-corrected chi connectivity index (χ0v) is 41.8. The van der Waals surface area contributed by atoms with E-state index in [0.29, 0.717) is 19.3 Å². The maximum Gasteiger partial charge on any atom is 0.306 e. The Hall–Kier alpha value is -1.59. The van der Waals surface area contributed by atoms with E-state index in [1.54, 1.807) is 0 Å². The van der Waals surface area contributed by atoms with Gasteiger partial charge in [0.25, 0.3) is 0 Å². The quantitative estimate of drug-likeness (QED) is 0.0344. The fraction of sp³-hybridized carbons (Fsp3) is 0.945. The minimum Gasteiger partial charge on any atom is -0.462 e. The van der Waals surface area contributed by atoms with Gasteiger partial charge in [-0.05, 0) is 31.1 Å². The van der Waals surface area contributed by atoms with E-state index >= 15 is 0 Å². The first-order valence-corrected chi connectivity index (χ1v) is 27.3. The van der Waals surface area contributed by atoms with Crippen LogP contribution in [0.1, 0.15) is 304 Å². The van der Waals surface area contributed by atoms with Crippen molar-refractivity contribution < 1.29 is 28.6 Å². The minimum atomic E-state index is -0.762. The van der Waals surface area contributed by atoms with Crippen LogP contribution in [0.4, 0.5) is 0 Å². The molecule has 0 aromatic rings. The zero-order chi connectivity index (χ0) is 44.7. The number of rotatable bonds is 49. The lowest BCUT2D eigenvalue weighted by Crippen LogP contribution is -2.30. The van der Waals surface area contributed by atoms with Gasteiger partial charge < -0.3 is 14.2 Å². The van der Waals surface area contributed by atoms with Crippen molar-refractivity contribution in [3.05, 3.63) is 0 Å². The predicted molar refractivity (Wildman–Crippen MR) is 261 cm³/mol. The molecular weight excluding hydrogens is 757 g/mol. The van der Waals surface area contributed by atoms with Crippen molar-refractivity contribution in [3.63, 3.8) is 0 Å². The Kier molecular flexibility index (Phi) is 46.6. The Morgan fingerprint density at radius 2 is 0.623 bits per heavy atom. The van der Waals surface area contributed by atoms with Gasteiger partial charge in [0.05, 0.1) is 0 Å². The number of carbonyl (C=O) groups is 3. The Morgan fingerprint density at radius 1 is 0.344 bits per heavy atom. The molecule has 0 aliphatic heterocycles. The van der Waals surface area contributed by atoms with Gasteiger partial charge in [0, 0.05) is 19.3 Å². The van der Waals surface area contributed by atoms with Gasteiger partial charge in [-0.2, -0.15) is 0 Å². The molecule has 0 aliphatic rings. The summed E-state index contributed by atoms with van der Waals surface area (Å²) < 4.78 is 16.8. The van der Waals surface area contributed by atoms with Crippen LogP contribution in [0.2, 0.25) is 0 Å². The largest absolute Gasteiger partial charge is 0.462 e. The van der Waals surface area contributed by atoms with Crippen LogP contribution >= 0.6 is 0 Å². The lowest BCUT2D eigenvalue weighted by atomic mass is 10.00. The van der Waals surface area contributed by atoms with Gasteiger partial charge in [-0.25, -0.2) is 0 Å². The van der Waals surface area contributed by atoms with Crippen LogP contribution in [0.5, 0.6) is 0 Å². The van der Waals surface area contributed by atoms with E-state index in [4.69, 9.17) is 14.2 Å². The maximum absolute atomic E-state index is 12.8. The van der Waals surface area contributed by atoms with Crippen molar-refractivity contribution in [2.24, 2.45) is 11.8 Å². The van der Waals surface area contributed by atoms with Gasteiger partial charge in [0.2, 0.25) is 0 Å². The number of hydrogen-bond acceptors (Lipinski definition) is 6. The molecule has 0 aliphatic carbocycles. The number of ether oxygens (including phenoxy) is 3. The fourth-order valence-corrected chi connectivity index (χ4v) is 8.31. The topological polar surface area (TPSA) is 78.9 Å². The molecule has 1 unspecified atom stereocenters. The van der Waals surface area contributed by atoms with E-state index in [1.807, 2.05) is 0 Å². The average Bonchev–Trinajstić information content (AvgIpc) is 3.24. The highest BCUT2D eigenvalue weighted by Crippen LogP contribution is 2.18. The van der Waals surface area contributed by atoms with Crippen LogP contribution in [-0.4, -0.2) is 37.2 Å². The van der Waals surface area contributed by atoms with Gasteiger partial charge >= 0.3 is 17.9 Å². The Bertz CT molecular complexity index is 933. The van der Waals surface area contributed by atoms with Crippen molar-refractivity contribution in [2.75, 3.05) is 13.2 Å². The second kappa shape index (κ2) is 47.9. The molecule has 61 heavy (non-hydrogen) atoms. The van der Waals surface area contributed by atoms with Crippen molar-refractivity contribution >= 4 is 17.9 Å². The molecule has 2 atom stereocenters. The maximum atomic E-state index is 12.8. The molecule has 0 saturated heterocycles. The third-order valence-corrected chi connectivity index (χ3v) is 12.8. The molecule has 0 radical (unpaired) electrons. The molecule has 0 heterocycles. The van der Waals surface area contributed by atoms with E-state index in [2.05, 4.69) is 34.6 Å². The van der Waals surface area contributed by atoms with Crippen molar-refractivity contribution in [3.8, 4) is 0 Å². The van der Waals surface area contributed by atoms with Crippen LogP contribution in [-0.2, 0) is 28.6 Å². The summed E-state index contributed by atoms with van der Waals surface area (Å²) >= 11 is 0. The molecule has 0 bridgehead atoms. The highest BCUT2D eigenvalue weighted by Gasteiger charge is 2.19. The normalized spacial score (nSPS) is 12.5. The third kappa shape index (κ3) is 47.7. The summed E-state index contributed by atoms with van der Waals surface area (Å²) in [7, 11) is 0. The van der Waals surface area contributed by atoms with E-state index < -0.39 is 6.10 Å². The average molecular weight is 863 g/mol. The molecule has 0 aromatic heterocycles. The first kappa shape index (κ1) is 59.4. The molecule has 0 amide bonds. The predicted octanol–water partition coefficient (Wildman–Crippen LogP) is 17.7. The molecular formula is C55H106O6. The number of carbonyl (C=O) groups excluding carboxylic acids is 3.